The van der Waals surface area contributed by atoms with Gasteiger partial charge in [0.1, 0.15) is 0 Å². The van der Waals surface area contributed by atoms with E-state index in [2.05, 4.69) is 12.6 Å². The van der Waals surface area contributed by atoms with Crippen LogP contribution in [0.2, 0.25) is 0 Å². The summed E-state index contributed by atoms with van der Waals surface area (Å²) in [4.78, 5) is 13.4. The maximum absolute atomic E-state index is 11.1. The third-order valence-corrected chi connectivity index (χ3v) is 3.82. The molecule has 2 aromatic rings. The fourth-order valence-electron chi connectivity index (χ4n) is 1.46. The van der Waals surface area contributed by atoms with E-state index in [0.717, 1.165) is 4.90 Å². The first-order valence-corrected chi connectivity index (χ1v) is 6.43. The molecule has 92 valence electrons. The summed E-state index contributed by atoms with van der Waals surface area (Å²) < 4.78 is 0. The number of hydrogen-bond acceptors (Lipinski definition) is 4. The summed E-state index contributed by atoms with van der Waals surface area (Å²) in [6.07, 6.45) is 0. The lowest BCUT2D eigenvalue weighted by molar-refractivity contribution is 0.0693. The molecule has 0 spiro atoms. The smallest absolute Gasteiger partial charge is 0.336 e. The molecule has 2 rings (SSSR count). The number of carboxylic acid groups (broad SMARTS) is 1. The molecule has 0 atom stereocenters. The molecule has 0 aliphatic carbocycles. The monoisotopic (exact) mass is 277 g/mol. The number of nitrogens with two attached hydrogens (primary N) is 1. The number of nitrogen functional groups attached to an aromatic ring is 1. The second-order valence-corrected chi connectivity index (χ2v) is 5.22. The molecule has 0 radical (unpaired) electrons. The van der Waals surface area contributed by atoms with E-state index in [0.29, 0.717) is 15.5 Å². The van der Waals surface area contributed by atoms with E-state index in [-0.39, 0.29) is 5.56 Å². The van der Waals surface area contributed by atoms with Crippen molar-refractivity contribution < 1.29 is 9.90 Å². The van der Waals surface area contributed by atoms with E-state index in [9.17, 15) is 4.79 Å². The summed E-state index contributed by atoms with van der Waals surface area (Å²) in [7, 11) is 0. The summed E-state index contributed by atoms with van der Waals surface area (Å²) in [5.41, 5.74) is 6.63. The Bertz CT molecular complexity index is 599. The summed E-state index contributed by atoms with van der Waals surface area (Å²) >= 11 is 5.57. The molecule has 3 N–H and O–H groups in total. The minimum absolute atomic E-state index is 0.288. The number of rotatable bonds is 3. The Hall–Kier alpha value is -1.59. The van der Waals surface area contributed by atoms with Gasteiger partial charge >= 0.3 is 5.97 Å². The molecule has 0 saturated carbocycles. The molecular weight excluding hydrogens is 266 g/mol. The second-order valence-electron chi connectivity index (χ2n) is 3.62. The molecule has 0 unspecified atom stereocenters. The molecule has 0 amide bonds. The zero-order valence-corrected chi connectivity index (χ0v) is 11.0. The molecule has 0 aliphatic heterocycles. The van der Waals surface area contributed by atoms with Gasteiger partial charge in [-0.3, -0.25) is 0 Å². The van der Waals surface area contributed by atoms with Crippen LogP contribution in [-0.2, 0) is 0 Å². The predicted molar refractivity (Wildman–Crippen MR) is 75.6 cm³/mol. The van der Waals surface area contributed by atoms with Crippen LogP contribution in [0.4, 0.5) is 5.69 Å². The van der Waals surface area contributed by atoms with Crippen molar-refractivity contribution in [2.75, 3.05) is 5.73 Å². The maximum atomic E-state index is 11.1. The molecular formula is C13H11NO2S2. The number of carbonyl (C=O) groups is 1. The van der Waals surface area contributed by atoms with E-state index in [4.69, 9.17) is 10.8 Å². The summed E-state index contributed by atoms with van der Waals surface area (Å²) in [5.74, 6) is -0.933. The lowest BCUT2D eigenvalue weighted by atomic mass is 10.2. The minimum atomic E-state index is -0.933. The van der Waals surface area contributed by atoms with Gasteiger partial charge in [0, 0.05) is 20.4 Å². The van der Waals surface area contributed by atoms with Gasteiger partial charge in [0.25, 0.3) is 0 Å². The molecule has 0 saturated heterocycles. The van der Waals surface area contributed by atoms with Gasteiger partial charge in [-0.25, -0.2) is 4.79 Å². The van der Waals surface area contributed by atoms with Crippen LogP contribution in [0.15, 0.2) is 57.2 Å². The Balaban J connectivity index is 2.34. The summed E-state index contributed by atoms with van der Waals surface area (Å²) in [6, 6.07) is 12.3. The number of aromatic carboxylic acids is 1. The Labute approximate surface area is 114 Å². The van der Waals surface area contributed by atoms with Crippen molar-refractivity contribution >= 4 is 36.0 Å². The van der Waals surface area contributed by atoms with Crippen molar-refractivity contribution in [2.24, 2.45) is 0 Å². The van der Waals surface area contributed by atoms with E-state index < -0.39 is 5.97 Å². The highest BCUT2D eigenvalue weighted by atomic mass is 32.2. The average molecular weight is 277 g/mol. The normalized spacial score (nSPS) is 10.3. The zero-order chi connectivity index (χ0) is 13.1. The van der Waals surface area contributed by atoms with Crippen molar-refractivity contribution in [3.63, 3.8) is 0 Å². The molecule has 0 aliphatic rings. The summed E-state index contributed by atoms with van der Waals surface area (Å²) in [6.45, 7) is 0. The largest absolute Gasteiger partial charge is 0.478 e. The van der Waals surface area contributed by atoms with Crippen molar-refractivity contribution in [3.8, 4) is 0 Å². The molecule has 5 heteroatoms. The Morgan fingerprint density at radius 1 is 1.22 bits per heavy atom. The maximum Gasteiger partial charge on any atom is 0.336 e. The number of hydrogen-bond donors (Lipinski definition) is 3. The van der Waals surface area contributed by atoms with Gasteiger partial charge in [-0.05, 0) is 30.3 Å². The fourth-order valence-corrected chi connectivity index (χ4v) is 2.58. The predicted octanol–water partition coefficient (Wildman–Crippen LogP) is 3.41. The van der Waals surface area contributed by atoms with Gasteiger partial charge in [-0.1, -0.05) is 23.9 Å². The number of benzene rings is 2. The number of anilines is 1. The molecule has 18 heavy (non-hydrogen) atoms. The highest BCUT2D eigenvalue weighted by Gasteiger charge is 2.10. The summed E-state index contributed by atoms with van der Waals surface area (Å²) in [5, 5.41) is 9.09. The van der Waals surface area contributed by atoms with E-state index in [1.807, 2.05) is 12.1 Å². The molecule has 0 heterocycles. The van der Waals surface area contributed by atoms with E-state index in [1.165, 1.54) is 11.8 Å². The van der Waals surface area contributed by atoms with Gasteiger partial charge in [-0.15, -0.1) is 12.6 Å². The third-order valence-electron chi connectivity index (χ3n) is 2.34. The van der Waals surface area contributed by atoms with Gasteiger partial charge in [0.15, 0.2) is 0 Å². The number of thiol groups is 1. The standard InChI is InChI=1S/C13H11NO2S2/c14-10-7-8(5-6-11(10)17)18-12-4-2-1-3-9(12)13(15)16/h1-7,17H,14H2,(H,15,16). The molecule has 0 fully saturated rings. The quantitative estimate of drug-likeness (QED) is 0.594. The van der Waals surface area contributed by atoms with Crippen LogP contribution in [0, 0.1) is 0 Å². The lowest BCUT2D eigenvalue weighted by Gasteiger charge is -2.07. The van der Waals surface area contributed by atoms with Crippen LogP contribution in [0.5, 0.6) is 0 Å². The Morgan fingerprint density at radius 3 is 2.61 bits per heavy atom. The molecule has 0 bridgehead atoms. The van der Waals surface area contributed by atoms with Gasteiger partial charge in [0.05, 0.1) is 5.56 Å². The van der Waals surface area contributed by atoms with Crippen molar-refractivity contribution in [1.82, 2.24) is 0 Å². The van der Waals surface area contributed by atoms with E-state index in [1.54, 1.807) is 30.3 Å². The Kier molecular flexibility index (Phi) is 3.84. The van der Waals surface area contributed by atoms with Crippen LogP contribution in [0.25, 0.3) is 0 Å². The van der Waals surface area contributed by atoms with Crippen molar-refractivity contribution in [2.45, 2.75) is 14.7 Å². The molecule has 0 aromatic heterocycles. The molecule has 2 aromatic carbocycles. The van der Waals surface area contributed by atoms with Crippen LogP contribution in [0.1, 0.15) is 10.4 Å². The first-order chi connectivity index (χ1) is 8.58. The fraction of sp³-hybridized carbons (Fsp3) is 0. The minimum Gasteiger partial charge on any atom is -0.478 e. The first-order valence-electron chi connectivity index (χ1n) is 5.16. The van der Waals surface area contributed by atoms with Gasteiger partial charge in [-0.2, -0.15) is 0 Å². The lowest BCUT2D eigenvalue weighted by Crippen LogP contribution is -1.98. The van der Waals surface area contributed by atoms with Crippen molar-refractivity contribution in [3.05, 3.63) is 48.0 Å². The van der Waals surface area contributed by atoms with Crippen LogP contribution >= 0.6 is 24.4 Å². The third kappa shape index (κ3) is 2.80. The molecule has 3 nitrogen and oxygen atoms in total. The van der Waals surface area contributed by atoms with Gasteiger partial charge in [0.2, 0.25) is 0 Å². The number of carboxylic acids is 1. The van der Waals surface area contributed by atoms with Crippen molar-refractivity contribution in [1.29, 1.82) is 0 Å². The highest BCUT2D eigenvalue weighted by molar-refractivity contribution is 7.99. The van der Waals surface area contributed by atoms with Crippen LogP contribution in [-0.4, -0.2) is 11.1 Å². The topological polar surface area (TPSA) is 63.3 Å². The Morgan fingerprint density at radius 2 is 1.94 bits per heavy atom. The highest BCUT2D eigenvalue weighted by Crippen LogP contribution is 2.32. The van der Waals surface area contributed by atoms with Crippen LogP contribution in [0.3, 0.4) is 0 Å². The second kappa shape index (κ2) is 5.37. The SMILES string of the molecule is Nc1cc(Sc2ccccc2C(=O)O)ccc1S. The van der Waals surface area contributed by atoms with Gasteiger partial charge < -0.3 is 10.8 Å². The van der Waals surface area contributed by atoms with E-state index >= 15 is 0 Å². The van der Waals surface area contributed by atoms with Crippen LogP contribution < -0.4 is 5.73 Å². The first kappa shape index (κ1) is 12.9. The zero-order valence-electron chi connectivity index (χ0n) is 9.33. The average Bonchev–Trinajstić information content (AvgIpc) is 2.34.